The smallest absolute Gasteiger partial charge is 0.228 e. The Hall–Kier alpha value is -1.35. The molecule has 0 fully saturated rings. The first-order chi connectivity index (χ1) is 8.21. The third kappa shape index (κ3) is 3.84. The molecule has 1 amide bonds. The predicted octanol–water partition coefficient (Wildman–Crippen LogP) is 2.72. The summed E-state index contributed by atoms with van der Waals surface area (Å²) in [6.07, 6.45) is 0.369. The van der Waals surface area contributed by atoms with Crippen LogP contribution in [0.25, 0.3) is 0 Å². The van der Waals surface area contributed by atoms with Crippen LogP contribution in [0.3, 0.4) is 0 Å². The number of amides is 1. The van der Waals surface area contributed by atoms with Crippen molar-refractivity contribution in [3.8, 4) is 0 Å². The Labute approximate surface area is 110 Å². The van der Waals surface area contributed by atoms with Crippen LogP contribution >= 0.6 is 0 Å². The molecule has 3 heteroatoms. The maximum Gasteiger partial charge on any atom is 0.228 e. The Morgan fingerprint density at radius 2 is 2.00 bits per heavy atom. The van der Waals surface area contributed by atoms with Crippen LogP contribution in [0, 0.1) is 12.3 Å². The number of rotatable bonds is 3. The fourth-order valence-corrected chi connectivity index (χ4v) is 1.61. The summed E-state index contributed by atoms with van der Waals surface area (Å²) < 4.78 is 0. The molecule has 0 aromatic heterocycles. The van der Waals surface area contributed by atoms with Gasteiger partial charge in [0.1, 0.15) is 0 Å². The van der Waals surface area contributed by atoms with E-state index < -0.39 is 0 Å². The largest absolute Gasteiger partial charge is 0.327 e. The van der Waals surface area contributed by atoms with Gasteiger partial charge in [0.15, 0.2) is 0 Å². The van der Waals surface area contributed by atoms with Gasteiger partial charge in [-0.1, -0.05) is 32.9 Å². The Morgan fingerprint density at radius 3 is 2.50 bits per heavy atom. The average Bonchev–Trinajstić information content (AvgIpc) is 2.26. The van der Waals surface area contributed by atoms with Crippen LogP contribution in [-0.2, 0) is 4.79 Å². The lowest BCUT2D eigenvalue weighted by Gasteiger charge is -2.28. The molecular formula is C15H24N2O. The van der Waals surface area contributed by atoms with E-state index in [9.17, 15) is 4.79 Å². The minimum absolute atomic E-state index is 0.0525. The third-order valence-corrected chi connectivity index (χ3v) is 3.27. The first kappa shape index (κ1) is 14.7. The average molecular weight is 248 g/mol. The highest BCUT2D eigenvalue weighted by Gasteiger charge is 2.24. The minimum atomic E-state index is -0.128. The first-order valence-corrected chi connectivity index (χ1v) is 6.30. The fraction of sp³-hybridized carbons (Fsp3) is 0.533. The molecule has 1 unspecified atom stereocenters. The molecule has 3 nitrogen and oxygen atoms in total. The van der Waals surface area contributed by atoms with Gasteiger partial charge in [0.25, 0.3) is 0 Å². The number of nitrogens with two attached hydrogens (primary N) is 1. The topological polar surface area (TPSA) is 46.3 Å². The highest BCUT2D eigenvalue weighted by Crippen LogP contribution is 2.22. The highest BCUT2D eigenvalue weighted by atomic mass is 16.2. The van der Waals surface area contributed by atoms with Gasteiger partial charge in [0.2, 0.25) is 5.91 Å². The number of carbonyl (C=O) groups excluding carboxylic acids is 1. The quantitative estimate of drug-likeness (QED) is 0.894. The Balaban J connectivity index is 2.73. The van der Waals surface area contributed by atoms with E-state index in [-0.39, 0.29) is 17.4 Å². The van der Waals surface area contributed by atoms with Crippen molar-refractivity contribution < 1.29 is 4.79 Å². The summed E-state index contributed by atoms with van der Waals surface area (Å²) in [5, 5.41) is 0. The van der Waals surface area contributed by atoms with Crippen molar-refractivity contribution >= 4 is 11.6 Å². The van der Waals surface area contributed by atoms with Crippen molar-refractivity contribution in [1.82, 2.24) is 0 Å². The van der Waals surface area contributed by atoms with Gasteiger partial charge in [-0.2, -0.15) is 0 Å². The number of benzene rings is 1. The molecule has 1 aromatic rings. The molecule has 2 N–H and O–H groups in total. The van der Waals surface area contributed by atoms with E-state index in [1.165, 1.54) is 0 Å². The summed E-state index contributed by atoms with van der Waals surface area (Å²) in [6.45, 7) is 8.18. The molecule has 18 heavy (non-hydrogen) atoms. The van der Waals surface area contributed by atoms with Gasteiger partial charge < -0.3 is 10.6 Å². The maximum absolute atomic E-state index is 12.2. The molecule has 0 radical (unpaired) electrons. The first-order valence-electron chi connectivity index (χ1n) is 6.30. The molecule has 1 rings (SSSR count). The van der Waals surface area contributed by atoms with E-state index in [1.807, 2.05) is 31.2 Å². The van der Waals surface area contributed by atoms with Crippen molar-refractivity contribution in [2.24, 2.45) is 11.1 Å². The molecule has 0 aliphatic heterocycles. The molecule has 0 heterocycles. The van der Waals surface area contributed by atoms with Gasteiger partial charge in [0.05, 0.1) is 0 Å². The highest BCUT2D eigenvalue weighted by molar-refractivity contribution is 5.93. The number of hydrogen-bond acceptors (Lipinski definition) is 2. The van der Waals surface area contributed by atoms with Crippen LogP contribution in [0.15, 0.2) is 24.3 Å². The molecular weight excluding hydrogens is 224 g/mol. The lowest BCUT2D eigenvalue weighted by molar-refractivity contribution is -0.119. The molecule has 1 aromatic carbocycles. The Bertz CT molecular complexity index is 421. The molecule has 0 aliphatic carbocycles. The minimum Gasteiger partial charge on any atom is -0.327 e. The second-order valence-electron chi connectivity index (χ2n) is 5.97. The monoisotopic (exact) mass is 248 g/mol. The van der Waals surface area contributed by atoms with Gasteiger partial charge in [0, 0.05) is 25.2 Å². The normalized spacial score (nSPS) is 13.2. The molecule has 0 saturated carbocycles. The van der Waals surface area contributed by atoms with Gasteiger partial charge in [-0.25, -0.2) is 0 Å². The van der Waals surface area contributed by atoms with Crippen molar-refractivity contribution in [2.45, 2.75) is 40.2 Å². The maximum atomic E-state index is 12.2. The van der Waals surface area contributed by atoms with E-state index >= 15 is 0 Å². The summed E-state index contributed by atoms with van der Waals surface area (Å²) >= 11 is 0. The van der Waals surface area contributed by atoms with E-state index in [0.717, 1.165) is 11.3 Å². The van der Waals surface area contributed by atoms with Crippen LogP contribution in [0.5, 0.6) is 0 Å². The lowest BCUT2D eigenvalue weighted by atomic mass is 9.85. The van der Waals surface area contributed by atoms with E-state index in [2.05, 4.69) is 20.8 Å². The molecule has 0 bridgehead atoms. The third-order valence-electron chi connectivity index (χ3n) is 3.27. The fourth-order valence-electron chi connectivity index (χ4n) is 1.61. The van der Waals surface area contributed by atoms with Crippen molar-refractivity contribution in [3.05, 3.63) is 29.8 Å². The van der Waals surface area contributed by atoms with Crippen LogP contribution in [0.2, 0.25) is 0 Å². The second-order valence-corrected chi connectivity index (χ2v) is 5.97. The summed E-state index contributed by atoms with van der Waals surface area (Å²) in [6, 6.07) is 7.78. The number of anilines is 1. The summed E-state index contributed by atoms with van der Waals surface area (Å²) in [5.41, 5.74) is 8.06. The van der Waals surface area contributed by atoms with Crippen LogP contribution in [0.4, 0.5) is 5.69 Å². The zero-order valence-corrected chi connectivity index (χ0v) is 12.0. The van der Waals surface area contributed by atoms with Gasteiger partial charge in [-0.3, -0.25) is 4.79 Å². The molecule has 100 valence electrons. The molecule has 0 spiro atoms. The number of hydrogen-bond donors (Lipinski definition) is 1. The van der Waals surface area contributed by atoms with E-state index in [4.69, 9.17) is 5.73 Å². The zero-order chi connectivity index (χ0) is 13.9. The van der Waals surface area contributed by atoms with Gasteiger partial charge >= 0.3 is 0 Å². The Morgan fingerprint density at radius 1 is 1.39 bits per heavy atom. The van der Waals surface area contributed by atoms with Crippen LogP contribution < -0.4 is 10.6 Å². The van der Waals surface area contributed by atoms with Gasteiger partial charge in [-0.15, -0.1) is 0 Å². The van der Waals surface area contributed by atoms with Crippen LogP contribution in [-0.4, -0.2) is 19.0 Å². The number of carbonyl (C=O) groups is 1. The van der Waals surface area contributed by atoms with Crippen molar-refractivity contribution in [2.75, 3.05) is 11.9 Å². The van der Waals surface area contributed by atoms with Crippen LogP contribution in [0.1, 0.15) is 32.8 Å². The predicted molar refractivity (Wildman–Crippen MR) is 76.6 cm³/mol. The summed E-state index contributed by atoms with van der Waals surface area (Å²) in [4.78, 5) is 13.8. The molecule has 1 atom stereocenters. The van der Waals surface area contributed by atoms with Gasteiger partial charge in [-0.05, 0) is 30.0 Å². The number of nitrogens with zero attached hydrogens (tertiary/aromatic N) is 1. The second kappa shape index (κ2) is 5.53. The standard InChI is InChI=1S/C15H24N2O/c1-11-7-6-8-12(9-11)17(5)14(18)10-13(16)15(2,3)4/h6-9,13H,10,16H2,1-5H3. The van der Waals surface area contributed by atoms with Crippen molar-refractivity contribution in [1.29, 1.82) is 0 Å². The molecule has 0 aliphatic rings. The van der Waals surface area contributed by atoms with E-state index in [0.29, 0.717) is 6.42 Å². The summed E-state index contributed by atoms with van der Waals surface area (Å²) in [7, 11) is 1.80. The zero-order valence-electron chi connectivity index (χ0n) is 12.0. The number of aryl methyl sites for hydroxylation is 1. The van der Waals surface area contributed by atoms with E-state index in [1.54, 1.807) is 11.9 Å². The molecule has 0 saturated heterocycles. The summed E-state index contributed by atoms with van der Waals surface area (Å²) in [5.74, 6) is 0.0584. The SMILES string of the molecule is Cc1cccc(N(C)C(=O)CC(N)C(C)(C)C)c1. The van der Waals surface area contributed by atoms with Crippen molar-refractivity contribution in [3.63, 3.8) is 0 Å². The Kier molecular flexibility index (Phi) is 4.52. The lowest BCUT2D eigenvalue weighted by Crippen LogP contribution is -2.40.